The molecular formula is C134H85N3O6. The van der Waals surface area contributed by atoms with Crippen LogP contribution in [0.5, 0.6) is 0 Å². The summed E-state index contributed by atoms with van der Waals surface area (Å²) in [4.78, 5) is 7.00. The van der Waals surface area contributed by atoms with Crippen molar-refractivity contribution in [1.82, 2.24) is 0 Å². The summed E-state index contributed by atoms with van der Waals surface area (Å²) in [6.45, 7) is 0. The second-order valence-corrected chi connectivity index (χ2v) is 36.6. The normalized spacial score (nSPS) is 11.6. The van der Waals surface area contributed by atoms with Gasteiger partial charge in [0.25, 0.3) is 0 Å². The summed E-state index contributed by atoms with van der Waals surface area (Å²) < 4.78 is 38.0. The van der Waals surface area contributed by atoms with Crippen LogP contribution in [0.1, 0.15) is 0 Å². The maximum absolute atomic E-state index is 6.34. The van der Waals surface area contributed by atoms with Crippen molar-refractivity contribution in [2.75, 3.05) is 14.7 Å². The first-order valence-electron chi connectivity index (χ1n) is 48.3. The van der Waals surface area contributed by atoms with Gasteiger partial charge in [-0.2, -0.15) is 0 Å². The number of anilines is 9. The molecule has 0 atom stereocenters. The minimum Gasteiger partial charge on any atom is -0.456 e. The van der Waals surface area contributed by atoms with Crippen molar-refractivity contribution in [2.45, 2.75) is 0 Å². The number of rotatable bonds is 15. The molecule has 9 heteroatoms. The van der Waals surface area contributed by atoms with Gasteiger partial charge < -0.3 is 41.2 Å². The van der Waals surface area contributed by atoms with E-state index in [1.165, 1.54) is 21.5 Å². The van der Waals surface area contributed by atoms with E-state index in [0.717, 1.165) is 250 Å². The molecule has 0 spiro atoms. The van der Waals surface area contributed by atoms with Gasteiger partial charge >= 0.3 is 0 Å². The SMILES string of the molecule is c1ccc(N(c2cc(-c3ccc4c(c3)oc3ccccc34)cc(-c3ccc4c(c3)oc3ccccc34)c2)c2ccc3ccccc3c2)cc1.c1ccc(N(c2cc(-c3ccc4c(c3)oc3ccccc34)cc(-c3ccc4c(c3)oc3ccccc34)c2)c2ccc3ccccc3c2)cc1.c1ccc(N(c2ccccc2)c2cc(-c3ccc4c(c3)oc3ccccc34)cc(-c3ccc4c(c3)oc3ccccc34)c2)cc1. The maximum atomic E-state index is 6.34. The van der Waals surface area contributed by atoms with E-state index in [1.807, 2.05) is 72.8 Å². The van der Waals surface area contributed by atoms with Crippen molar-refractivity contribution in [3.63, 3.8) is 0 Å². The Morgan fingerprint density at radius 3 is 0.503 bits per heavy atom. The second kappa shape index (κ2) is 35.1. The monoisotopic (exact) mass is 1830 g/mol. The zero-order valence-corrected chi connectivity index (χ0v) is 77.4. The van der Waals surface area contributed by atoms with Gasteiger partial charge in [0.1, 0.15) is 67.0 Å². The number of benzene rings is 23. The van der Waals surface area contributed by atoms with E-state index in [0.29, 0.717) is 0 Å². The fourth-order valence-electron chi connectivity index (χ4n) is 20.9. The van der Waals surface area contributed by atoms with Crippen LogP contribution in [-0.4, -0.2) is 0 Å². The number of hydrogen-bond acceptors (Lipinski definition) is 9. The van der Waals surface area contributed by atoms with E-state index in [1.54, 1.807) is 0 Å². The lowest BCUT2D eigenvalue weighted by atomic mass is 9.96. The molecule has 29 aromatic rings. The Morgan fingerprint density at radius 1 is 0.0979 bits per heavy atom. The zero-order valence-electron chi connectivity index (χ0n) is 77.4. The number of para-hydroxylation sites is 10. The molecule has 6 aromatic heterocycles. The molecule has 0 aliphatic heterocycles. The first kappa shape index (κ1) is 83.2. The highest BCUT2D eigenvalue weighted by Gasteiger charge is 2.25. The first-order valence-corrected chi connectivity index (χ1v) is 48.3. The van der Waals surface area contributed by atoms with E-state index >= 15 is 0 Å². The molecule has 672 valence electrons. The molecule has 0 amide bonds. The van der Waals surface area contributed by atoms with Gasteiger partial charge in [0, 0.05) is 116 Å². The number of hydrogen-bond donors (Lipinski definition) is 0. The fourth-order valence-corrected chi connectivity index (χ4v) is 20.9. The Morgan fingerprint density at radius 2 is 0.280 bits per heavy atom. The van der Waals surface area contributed by atoms with Gasteiger partial charge in [0.15, 0.2) is 0 Å². The molecular weight excluding hydrogens is 1750 g/mol. The lowest BCUT2D eigenvalue weighted by Gasteiger charge is -2.27. The molecule has 0 aliphatic rings. The predicted octanol–water partition coefficient (Wildman–Crippen LogP) is 39.2. The molecule has 0 N–H and O–H groups in total. The van der Waals surface area contributed by atoms with Crippen LogP contribution in [0.25, 0.3) is 220 Å². The van der Waals surface area contributed by atoms with Gasteiger partial charge in [-0.15, -0.1) is 0 Å². The third-order valence-electron chi connectivity index (χ3n) is 27.8. The molecule has 29 rings (SSSR count). The molecule has 0 fully saturated rings. The van der Waals surface area contributed by atoms with Crippen molar-refractivity contribution in [1.29, 1.82) is 0 Å². The summed E-state index contributed by atoms with van der Waals surface area (Å²) in [7, 11) is 0. The van der Waals surface area contributed by atoms with Gasteiger partial charge in [-0.25, -0.2) is 0 Å². The van der Waals surface area contributed by atoms with Gasteiger partial charge in [0.05, 0.1) is 0 Å². The highest BCUT2D eigenvalue weighted by molar-refractivity contribution is 6.13. The lowest BCUT2D eigenvalue weighted by molar-refractivity contribution is 0.668. The van der Waals surface area contributed by atoms with Crippen molar-refractivity contribution >= 4 is 204 Å². The molecule has 0 saturated heterocycles. The predicted molar refractivity (Wildman–Crippen MR) is 595 cm³/mol. The van der Waals surface area contributed by atoms with Crippen LogP contribution < -0.4 is 14.7 Å². The van der Waals surface area contributed by atoms with Crippen molar-refractivity contribution in [2.24, 2.45) is 0 Å². The molecule has 9 nitrogen and oxygen atoms in total. The molecule has 6 heterocycles. The Kier molecular flexibility index (Phi) is 20.4. The topological polar surface area (TPSA) is 88.6 Å². The van der Waals surface area contributed by atoms with Crippen molar-refractivity contribution < 1.29 is 26.5 Å². The van der Waals surface area contributed by atoms with Gasteiger partial charge in [-0.1, -0.05) is 279 Å². The molecule has 23 aromatic carbocycles. The summed E-state index contributed by atoms with van der Waals surface area (Å²) in [5.41, 5.74) is 33.5. The average molecular weight is 1830 g/mol. The summed E-state index contributed by atoms with van der Waals surface area (Å²) in [5, 5.41) is 18.3. The van der Waals surface area contributed by atoms with Crippen LogP contribution in [0.4, 0.5) is 51.2 Å². The van der Waals surface area contributed by atoms with Gasteiger partial charge in [-0.05, 0) is 325 Å². The zero-order chi connectivity index (χ0) is 94.4. The Balaban J connectivity index is 0.000000107. The van der Waals surface area contributed by atoms with Crippen LogP contribution in [0.15, 0.2) is 542 Å². The van der Waals surface area contributed by atoms with Crippen LogP contribution >= 0.6 is 0 Å². The van der Waals surface area contributed by atoms with Crippen molar-refractivity contribution in [3.05, 3.63) is 516 Å². The van der Waals surface area contributed by atoms with E-state index < -0.39 is 0 Å². The highest BCUT2D eigenvalue weighted by Crippen LogP contribution is 2.49. The van der Waals surface area contributed by atoms with Crippen LogP contribution in [0, 0.1) is 0 Å². The van der Waals surface area contributed by atoms with Gasteiger partial charge in [0.2, 0.25) is 0 Å². The van der Waals surface area contributed by atoms with E-state index in [-0.39, 0.29) is 0 Å². The van der Waals surface area contributed by atoms with Crippen LogP contribution in [-0.2, 0) is 0 Å². The summed E-state index contributed by atoms with van der Waals surface area (Å²) in [5.74, 6) is 0. The van der Waals surface area contributed by atoms with Crippen LogP contribution in [0.3, 0.4) is 0 Å². The summed E-state index contributed by atoms with van der Waals surface area (Å²) in [6, 6.07) is 182. The standard InChI is InChI=1S/2C46H29NO2.C42H27NO2/c2*1-2-12-36(13-3-1)47(37-21-18-30-10-4-5-11-31(30)25-37)38-26-34(32-19-22-41-39-14-6-8-16-43(39)48-45(41)28-32)24-35(27-38)33-20-23-42-40-15-7-9-17-44(40)49-46(42)29-33;1-3-11-32(12-4-1)43(33-13-5-2-6-14-33)34-24-30(28-19-21-37-35-15-7-9-17-39(35)44-41(37)26-28)23-31(25-34)29-20-22-38-36-16-8-10-18-40(36)45-42(38)27-29/h2*1-29H;1-27H. The highest BCUT2D eigenvalue weighted by atomic mass is 16.3. The second-order valence-electron chi connectivity index (χ2n) is 36.6. The quantitative estimate of drug-likeness (QED) is 0.0996. The summed E-state index contributed by atoms with van der Waals surface area (Å²) in [6.07, 6.45) is 0. The number of nitrogens with zero attached hydrogens (tertiary/aromatic N) is 3. The summed E-state index contributed by atoms with van der Waals surface area (Å²) >= 11 is 0. The number of furan rings is 6. The first-order chi connectivity index (χ1) is 70.8. The molecule has 143 heavy (non-hydrogen) atoms. The molecule has 0 bridgehead atoms. The largest absolute Gasteiger partial charge is 0.456 e. The van der Waals surface area contributed by atoms with Gasteiger partial charge in [-0.3, -0.25) is 0 Å². The minimum atomic E-state index is 0.879. The van der Waals surface area contributed by atoms with Crippen LogP contribution in [0.2, 0.25) is 0 Å². The van der Waals surface area contributed by atoms with E-state index in [4.69, 9.17) is 26.5 Å². The minimum absolute atomic E-state index is 0.879. The maximum Gasteiger partial charge on any atom is 0.136 e. The third-order valence-corrected chi connectivity index (χ3v) is 27.8. The average Bonchev–Trinajstić information content (AvgIpc) is 1.74. The van der Waals surface area contributed by atoms with E-state index in [2.05, 4.69) is 458 Å². The Bertz CT molecular complexity index is 9150. The molecule has 0 saturated carbocycles. The fraction of sp³-hybridized carbons (Fsp3) is 0. The van der Waals surface area contributed by atoms with E-state index in [9.17, 15) is 0 Å². The Labute approximate surface area is 822 Å². The molecule has 0 radical (unpaired) electrons. The smallest absolute Gasteiger partial charge is 0.136 e. The molecule has 0 aliphatic carbocycles. The van der Waals surface area contributed by atoms with Crippen molar-refractivity contribution in [3.8, 4) is 66.8 Å². The third kappa shape index (κ3) is 15.4. The lowest BCUT2D eigenvalue weighted by Crippen LogP contribution is -2.10. The Hall–Kier alpha value is -19.2. The number of fused-ring (bicyclic) bond motifs is 20. The molecule has 0 unspecified atom stereocenters.